The second-order valence-corrected chi connectivity index (χ2v) is 8.67. The van der Waals surface area contributed by atoms with E-state index >= 15 is 0 Å². The van der Waals surface area contributed by atoms with Crippen molar-refractivity contribution < 1.29 is 4.74 Å². The summed E-state index contributed by atoms with van der Waals surface area (Å²) in [6, 6.07) is 14.4. The maximum absolute atomic E-state index is 5.37. The van der Waals surface area contributed by atoms with E-state index < -0.39 is 0 Å². The van der Waals surface area contributed by atoms with Gasteiger partial charge in [0.15, 0.2) is 10.8 Å². The van der Waals surface area contributed by atoms with Gasteiger partial charge in [0.1, 0.15) is 12.1 Å². The molecule has 0 radical (unpaired) electrons. The van der Waals surface area contributed by atoms with E-state index in [1.165, 1.54) is 5.56 Å². The molecule has 0 unspecified atom stereocenters. The number of aryl methyl sites for hydroxylation is 1. The Kier molecular flexibility index (Phi) is 5.97. The Labute approximate surface area is 178 Å². The minimum atomic E-state index is 0.666. The number of ether oxygens (including phenoxy) is 1. The van der Waals surface area contributed by atoms with E-state index in [2.05, 4.69) is 58.0 Å². The predicted octanol–water partition coefficient (Wildman–Crippen LogP) is 5.67. The summed E-state index contributed by atoms with van der Waals surface area (Å²) >= 11 is 3.29. The molecule has 2 aromatic heterocycles. The SMILES string of the molecule is CCSc1ncc2c(-c3ccc(C)cc3Sc3cccc(OC)c3)ncnc2n1. The fraction of sp³-hybridized carbons (Fsp3) is 0.182. The van der Waals surface area contributed by atoms with E-state index in [1.807, 2.05) is 24.4 Å². The Morgan fingerprint density at radius 2 is 1.93 bits per heavy atom. The second kappa shape index (κ2) is 8.80. The molecule has 0 fully saturated rings. The second-order valence-electron chi connectivity index (χ2n) is 6.33. The molecule has 0 spiro atoms. The van der Waals surface area contributed by atoms with Gasteiger partial charge in [0, 0.05) is 21.6 Å². The van der Waals surface area contributed by atoms with Gasteiger partial charge in [-0.3, -0.25) is 0 Å². The van der Waals surface area contributed by atoms with Gasteiger partial charge in [-0.1, -0.05) is 48.6 Å². The lowest BCUT2D eigenvalue weighted by Crippen LogP contribution is -1.96. The van der Waals surface area contributed by atoms with Crippen molar-refractivity contribution in [3.8, 4) is 17.0 Å². The molecule has 5 nitrogen and oxygen atoms in total. The Morgan fingerprint density at radius 1 is 1.03 bits per heavy atom. The van der Waals surface area contributed by atoms with Crippen LogP contribution >= 0.6 is 23.5 Å². The first-order valence-corrected chi connectivity index (χ1v) is 11.0. The van der Waals surface area contributed by atoms with E-state index in [4.69, 9.17) is 4.74 Å². The summed E-state index contributed by atoms with van der Waals surface area (Å²) in [5, 5.41) is 1.59. The smallest absolute Gasteiger partial charge is 0.189 e. The number of rotatable bonds is 6. The van der Waals surface area contributed by atoms with Crippen molar-refractivity contribution >= 4 is 34.6 Å². The predicted molar refractivity (Wildman–Crippen MR) is 119 cm³/mol. The molecule has 0 aliphatic heterocycles. The van der Waals surface area contributed by atoms with Gasteiger partial charge in [-0.2, -0.15) is 0 Å². The van der Waals surface area contributed by atoms with Crippen LogP contribution < -0.4 is 4.74 Å². The molecule has 146 valence electrons. The molecule has 7 heteroatoms. The van der Waals surface area contributed by atoms with Crippen molar-refractivity contribution in [1.82, 2.24) is 19.9 Å². The first-order valence-electron chi connectivity index (χ1n) is 9.21. The maximum atomic E-state index is 5.37. The number of benzene rings is 2. The van der Waals surface area contributed by atoms with E-state index in [1.54, 1.807) is 37.0 Å². The minimum absolute atomic E-state index is 0.666. The molecule has 0 atom stereocenters. The average molecular weight is 421 g/mol. The zero-order valence-electron chi connectivity index (χ0n) is 16.4. The monoisotopic (exact) mass is 420 g/mol. The third-order valence-electron chi connectivity index (χ3n) is 4.30. The summed E-state index contributed by atoms with van der Waals surface area (Å²) in [7, 11) is 1.68. The lowest BCUT2D eigenvalue weighted by molar-refractivity contribution is 0.413. The summed E-state index contributed by atoms with van der Waals surface area (Å²) in [4.78, 5) is 20.2. The van der Waals surface area contributed by atoms with E-state index in [0.29, 0.717) is 5.65 Å². The number of nitrogens with zero attached hydrogens (tertiary/aromatic N) is 4. The molecule has 0 aliphatic rings. The number of hydrogen-bond donors (Lipinski definition) is 0. The Morgan fingerprint density at radius 3 is 2.76 bits per heavy atom. The summed E-state index contributed by atoms with van der Waals surface area (Å²) in [5.74, 6) is 1.76. The van der Waals surface area contributed by atoms with Crippen molar-refractivity contribution in [3.63, 3.8) is 0 Å². The number of hydrogen-bond acceptors (Lipinski definition) is 7. The topological polar surface area (TPSA) is 60.8 Å². The first-order chi connectivity index (χ1) is 14.2. The highest BCUT2D eigenvalue weighted by Gasteiger charge is 2.14. The van der Waals surface area contributed by atoms with Gasteiger partial charge in [-0.25, -0.2) is 19.9 Å². The van der Waals surface area contributed by atoms with Crippen LogP contribution in [0, 0.1) is 6.92 Å². The Hall–Kier alpha value is -2.64. The van der Waals surface area contributed by atoms with Crippen LogP contribution in [0.4, 0.5) is 0 Å². The third-order valence-corrected chi connectivity index (χ3v) is 6.09. The molecular formula is C22H20N4OS2. The molecule has 29 heavy (non-hydrogen) atoms. The highest BCUT2D eigenvalue weighted by molar-refractivity contribution is 7.99. The van der Waals surface area contributed by atoms with Gasteiger partial charge in [-0.15, -0.1) is 0 Å². The minimum Gasteiger partial charge on any atom is -0.497 e. The summed E-state index contributed by atoms with van der Waals surface area (Å²) < 4.78 is 5.37. The number of methoxy groups -OCH3 is 1. The van der Waals surface area contributed by atoms with Gasteiger partial charge in [0.25, 0.3) is 0 Å². The van der Waals surface area contributed by atoms with Crippen LogP contribution in [0.5, 0.6) is 5.75 Å². The third kappa shape index (κ3) is 4.36. The van der Waals surface area contributed by atoms with Gasteiger partial charge in [0.2, 0.25) is 0 Å². The largest absolute Gasteiger partial charge is 0.497 e. The normalized spacial score (nSPS) is 11.0. The molecule has 0 saturated carbocycles. The lowest BCUT2D eigenvalue weighted by atomic mass is 10.1. The maximum Gasteiger partial charge on any atom is 0.189 e. The highest BCUT2D eigenvalue weighted by atomic mass is 32.2. The number of fused-ring (bicyclic) bond motifs is 1. The van der Waals surface area contributed by atoms with Crippen LogP contribution in [0.25, 0.3) is 22.3 Å². The molecule has 0 amide bonds. The number of thioether (sulfide) groups is 1. The van der Waals surface area contributed by atoms with Crippen LogP contribution in [-0.4, -0.2) is 32.8 Å². The van der Waals surface area contributed by atoms with Crippen molar-refractivity contribution in [1.29, 1.82) is 0 Å². The molecule has 0 aliphatic carbocycles. The molecule has 2 aromatic carbocycles. The summed E-state index contributed by atoms with van der Waals surface area (Å²) in [5.41, 5.74) is 3.73. The van der Waals surface area contributed by atoms with Crippen LogP contribution in [0.1, 0.15) is 12.5 Å². The molecule has 0 bridgehead atoms. The van der Waals surface area contributed by atoms with Crippen LogP contribution in [-0.2, 0) is 0 Å². The van der Waals surface area contributed by atoms with Crippen molar-refractivity contribution in [2.75, 3.05) is 12.9 Å². The molecule has 2 heterocycles. The fourth-order valence-electron chi connectivity index (χ4n) is 2.95. The van der Waals surface area contributed by atoms with Gasteiger partial charge >= 0.3 is 0 Å². The Bertz CT molecular complexity index is 1170. The quantitative estimate of drug-likeness (QED) is 0.294. The molecule has 0 saturated heterocycles. The average Bonchev–Trinajstić information content (AvgIpc) is 2.74. The first kappa shape index (κ1) is 19.7. The van der Waals surface area contributed by atoms with Crippen molar-refractivity contribution in [2.24, 2.45) is 0 Å². The van der Waals surface area contributed by atoms with E-state index in [0.717, 1.165) is 43.1 Å². The van der Waals surface area contributed by atoms with Gasteiger partial charge in [0.05, 0.1) is 18.2 Å². The summed E-state index contributed by atoms with van der Waals surface area (Å²) in [6.45, 7) is 4.17. The lowest BCUT2D eigenvalue weighted by Gasteiger charge is -2.12. The standard InChI is InChI=1S/C22H20N4OS2/c1-4-28-22-23-12-18-20(24-13-25-21(18)26-22)17-9-8-14(2)10-19(17)29-16-7-5-6-15(11-16)27-3/h5-13H,4H2,1-3H3. The molecular weight excluding hydrogens is 400 g/mol. The highest BCUT2D eigenvalue weighted by Crippen LogP contribution is 2.38. The van der Waals surface area contributed by atoms with Crippen LogP contribution in [0.2, 0.25) is 0 Å². The molecule has 0 N–H and O–H groups in total. The van der Waals surface area contributed by atoms with Gasteiger partial charge < -0.3 is 4.74 Å². The van der Waals surface area contributed by atoms with Gasteiger partial charge in [-0.05, 0) is 42.5 Å². The molecule has 4 rings (SSSR count). The van der Waals surface area contributed by atoms with Crippen molar-refractivity contribution in [3.05, 3.63) is 60.6 Å². The van der Waals surface area contributed by atoms with E-state index in [9.17, 15) is 0 Å². The van der Waals surface area contributed by atoms with Crippen LogP contribution in [0.3, 0.4) is 0 Å². The Balaban J connectivity index is 1.81. The van der Waals surface area contributed by atoms with E-state index in [-0.39, 0.29) is 0 Å². The van der Waals surface area contributed by atoms with Crippen LogP contribution in [0.15, 0.2) is 69.9 Å². The summed E-state index contributed by atoms with van der Waals surface area (Å²) in [6.07, 6.45) is 3.40. The molecule has 4 aromatic rings. The fourth-order valence-corrected chi connectivity index (χ4v) is 4.58. The van der Waals surface area contributed by atoms with Crippen molar-refractivity contribution in [2.45, 2.75) is 28.8 Å². The zero-order valence-corrected chi connectivity index (χ0v) is 18.0. The number of aromatic nitrogens is 4. The zero-order chi connectivity index (χ0) is 20.2.